The standard InChI is InChI=1S/C16H10Cl3NO2/c1-22-15-3-8(2-14-16(15)9(7-21)6-20-14)10-4-12(18)13(19)5-11(10)17/h2-7,20H,1H3. The quantitative estimate of drug-likeness (QED) is 0.490. The van der Waals surface area contributed by atoms with E-state index in [1.165, 1.54) is 0 Å². The molecule has 2 aromatic carbocycles. The van der Waals surface area contributed by atoms with Crippen LogP contribution in [-0.2, 0) is 0 Å². The fourth-order valence-electron chi connectivity index (χ4n) is 2.41. The van der Waals surface area contributed by atoms with Crippen LogP contribution in [0.15, 0.2) is 30.5 Å². The van der Waals surface area contributed by atoms with E-state index >= 15 is 0 Å². The highest BCUT2D eigenvalue weighted by Gasteiger charge is 2.14. The van der Waals surface area contributed by atoms with E-state index in [-0.39, 0.29) is 0 Å². The van der Waals surface area contributed by atoms with Crippen molar-refractivity contribution in [1.82, 2.24) is 4.98 Å². The summed E-state index contributed by atoms with van der Waals surface area (Å²) in [7, 11) is 1.55. The SMILES string of the molecule is COc1cc(-c2cc(Cl)c(Cl)cc2Cl)cc2[nH]cc(C=O)c12. The molecule has 6 heteroatoms. The van der Waals surface area contributed by atoms with Gasteiger partial charge in [0.25, 0.3) is 0 Å². The van der Waals surface area contributed by atoms with Crippen molar-refractivity contribution >= 4 is 52.0 Å². The summed E-state index contributed by atoms with van der Waals surface area (Å²) in [5, 5.41) is 2.03. The van der Waals surface area contributed by atoms with Gasteiger partial charge >= 0.3 is 0 Å². The highest BCUT2D eigenvalue weighted by molar-refractivity contribution is 6.44. The van der Waals surface area contributed by atoms with E-state index in [0.717, 1.165) is 28.3 Å². The molecule has 3 aromatic rings. The number of fused-ring (bicyclic) bond motifs is 1. The number of methoxy groups -OCH3 is 1. The van der Waals surface area contributed by atoms with Crippen LogP contribution in [0.3, 0.4) is 0 Å². The summed E-state index contributed by atoms with van der Waals surface area (Å²) in [4.78, 5) is 14.2. The Kier molecular flexibility index (Phi) is 4.04. The minimum absolute atomic E-state index is 0.395. The molecule has 0 aliphatic carbocycles. The van der Waals surface area contributed by atoms with Gasteiger partial charge in [0.1, 0.15) is 5.75 Å². The maximum absolute atomic E-state index is 11.1. The summed E-state index contributed by atoms with van der Waals surface area (Å²) in [5.41, 5.74) is 2.86. The van der Waals surface area contributed by atoms with Gasteiger partial charge < -0.3 is 9.72 Å². The van der Waals surface area contributed by atoms with Gasteiger partial charge in [-0.3, -0.25) is 4.79 Å². The molecule has 1 heterocycles. The number of hydrogen-bond acceptors (Lipinski definition) is 2. The number of hydrogen-bond donors (Lipinski definition) is 1. The highest BCUT2D eigenvalue weighted by atomic mass is 35.5. The Morgan fingerprint density at radius 2 is 1.77 bits per heavy atom. The second-order valence-corrected chi connectivity index (χ2v) is 5.93. The van der Waals surface area contributed by atoms with Gasteiger partial charge in [-0.2, -0.15) is 0 Å². The number of aromatic amines is 1. The second kappa shape index (κ2) is 5.84. The molecule has 0 aliphatic heterocycles. The number of carbonyl (C=O) groups excluding carboxylic acids is 1. The first kappa shape index (κ1) is 15.2. The number of aromatic nitrogens is 1. The van der Waals surface area contributed by atoms with Crippen molar-refractivity contribution in [2.75, 3.05) is 7.11 Å². The van der Waals surface area contributed by atoms with Gasteiger partial charge in [0.2, 0.25) is 0 Å². The Hall–Kier alpha value is -1.68. The molecule has 3 rings (SSSR count). The largest absolute Gasteiger partial charge is 0.496 e. The van der Waals surface area contributed by atoms with Crippen molar-refractivity contribution in [2.24, 2.45) is 0 Å². The number of aldehydes is 1. The molecule has 3 nitrogen and oxygen atoms in total. The van der Waals surface area contributed by atoms with Crippen LogP contribution in [0.1, 0.15) is 10.4 Å². The maximum atomic E-state index is 11.1. The van der Waals surface area contributed by atoms with Crippen LogP contribution in [0.5, 0.6) is 5.75 Å². The summed E-state index contributed by atoms with van der Waals surface area (Å²) >= 11 is 18.3. The lowest BCUT2D eigenvalue weighted by molar-refractivity contribution is 0.112. The highest BCUT2D eigenvalue weighted by Crippen LogP contribution is 2.39. The maximum Gasteiger partial charge on any atom is 0.152 e. The van der Waals surface area contributed by atoms with Gasteiger partial charge in [0.15, 0.2) is 6.29 Å². The van der Waals surface area contributed by atoms with E-state index in [1.54, 1.807) is 25.4 Å². The van der Waals surface area contributed by atoms with Crippen molar-refractivity contribution in [1.29, 1.82) is 0 Å². The van der Waals surface area contributed by atoms with Gasteiger partial charge in [-0.1, -0.05) is 34.8 Å². The summed E-state index contributed by atoms with van der Waals surface area (Å²) in [6.45, 7) is 0. The lowest BCUT2D eigenvalue weighted by Gasteiger charge is -2.10. The van der Waals surface area contributed by atoms with Crippen LogP contribution in [0.4, 0.5) is 0 Å². The third-order valence-corrected chi connectivity index (χ3v) is 4.48. The average Bonchev–Trinajstić information content (AvgIpc) is 2.93. The first-order valence-corrected chi connectivity index (χ1v) is 7.47. The fraction of sp³-hybridized carbons (Fsp3) is 0.0625. The zero-order valence-corrected chi connectivity index (χ0v) is 13.7. The Morgan fingerprint density at radius 3 is 2.45 bits per heavy atom. The van der Waals surface area contributed by atoms with Crippen molar-refractivity contribution < 1.29 is 9.53 Å². The number of carbonyl (C=O) groups is 1. The molecule has 0 bridgehead atoms. The summed E-state index contributed by atoms with van der Waals surface area (Å²) in [6.07, 6.45) is 2.42. The molecule has 0 fully saturated rings. The average molecular weight is 355 g/mol. The molecule has 0 aliphatic rings. The van der Waals surface area contributed by atoms with Crippen molar-refractivity contribution in [3.8, 4) is 16.9 Å². The molecule has 1 aromatic heterocycles. The van der Waals surface area contributed by atoms with Gasteiger partial charge in [-0.25, -0.2) is 0 Å². The number of halogens is 3. The number of benzene rings is 2. The molecular formula is C16H10Cl3NO2. The Balaban J connectivity index is 2.29. The van der Waals surface area contributed by atoms with Crippen molar-refractivity contribution in [3.05, 3.63) is 51.1 Å². The second-order valence-electron chi connectivity index (χ2n) is 4.71. The predicted molar refractivity (Wildman–Crippen MR) is 90.7 cm³/mol. The minimum Gasteiger partial charge on any atom is -0.496 e. The molecule has 0 atom stereocenters. The number of ether oxygens (including phenoxy) is 1. The number of H-pyrrole nitrogens is 1. The molecule has 0 saturated carbocycles. The van der Waals surface area contributed by atoms with Gasteiger partial charge in [0.05, 0.1) is 28.1 Å². The molecule has 0 unspecified atom stereocenters. The van der Waals surface area contributed by atoms with E-state index in [0.29, 0.717) is 26.4 Å². The third kappa shape index (κ3) is 2.45. The monoisotopic (exact) mass is 353 g/mol. The van der Waals surface area contributed by atoms with Crippen LogP contribution in [0, 0.1) is 0 Å². The van der Waals surface area contributed by atoms with Crippen LogP contribution in [0.25, 0.3) is 22.0 Å². The molecule has 1 N–H and O–H groups in total. The Morgan fingerprint density at radius 1 is 1.05 bits per heavy atom. The van der Waals surface area contributed by atoms with Crippen LogP contribution in [0.2, 0.25) is 15.1 Å². The van der Waals surface area contributed by atoms with Gasteiger partial charge in [-0.05, 0) is 29.8 Å². The van der Waals surface area contributed by atoms with Crippen LogP contribution < -0.4 is 4.74 Å². The summed E-state index contributed by atoms with van der Waals surface area (Å²) < 4.78 is 5.40. The Labute approximate surface area is 141 Å². The molecule has 22 heavy (non-hydrogen) atoms. The van der Waals surface area contributed by atoms with Gasteiger partial charge in [-0.15, -0.1) is 0 Å². The lowest BCUT2D eigenvalue weighted by atomic mass is 10.0. The van der Waals surface area contributed by atoms with E-state index < -0.39 is 0 Å². The normalized spacial score (nSPS) is 10.9. The van der Waals surface area contributed by atoms with Crippen LogP contribution in [-0.4, -0.2) is 18.4 Å². The first-order valence-electron chi connectivity index (χ1n) is 6.34. The molecule has 0 amide bonds. The molecule has 0 saturated heterocycles. The van der Waals surface area contributed by atoms with Crippen molar-refractivity contribution in [2.45, 2.75) is 0 Å². The molecular weight excluding hydrogens is 345 g/mol. The predicted octanol–water partition coefficient (Wildman–Crippen LogP) is 5.62. The smallest absolute Gasteiger partial charge is 0.152 e. The summed E-state index contributed by atoms with van der Waals surface area (Å²) in [6, 6.07) is 7.00. The van der Waals surface area contributed by atoms with E-state index in [2.05, 4.69) is 4.98 Å². The molecule has 0 spiro atoms. The van der Waals surface area contributed by atoms with E-state index in [9.17, 15) is 4.79 Å². The Bertz CT molecular complexity index is 887. The van der Waals surface area contributed by atoms with Crippen molar-refractivity contribution in [3.63, 3.8) is 0 Å². The minimum atomic E-state index is 0.395. The fourth-order valence-corrected chi connectivity index (χ4v) is 3.06. The van der Waals surface area contributed by atoms with E-state index in [1.807, 2.05) is 12.1 Å². The topological polar surface area (TPSA) is 42.1 Å². The number of rotatable bonds is 3. The first-order chi connectivity index (χ1) is 10.5. The zero-order valence-electron chi connectivity index (χ0n) is 11.4. The molecule has 0 radical (unpaired) electrons. The zero-order chi connectivity index (χ0) is 15.9. The number of nitrogens with one attached hydrogen (secondary N) is 1. The lowest BCUT2D eigenvalue weighted by Crippen LogP contribution is -1.89. The summed E-state index contributed by atoms with van der Waals surface area (Å²) in [5.74, 6) is 0.581. The van der Waals surface area contributed by atoms with Crippen LogP contribution >= 0.6 is 34.8 Å². The molecule has 112 valence electrons. The third-order valence-electron chi connectivity index (χ3n) is 3.44. The van der Waals surface area contributed by atoms with Gasteiger partial charge in [0, 0.05) is 22.3 Å². The van der Waals surface area contributed by atoms with E-state index in [4.69, 9.17) is 39.5 Å².